The fraction of sp³-hybridized carbons (Fsp3) is 0.938. The number of ether oxygens (including phenoxy) is 2. The smallest absolute Gasteiger partial charge is 0.219 e. The van der Waals surface area contributed by atoms with E-state index in [1.165, 1.54) is 12.8 Å². The first-order valence-corrected chi connectivity index (χ1v) is 8.81. The van der Waals surface area contributed by atoms with Crippen molar-refractivity contribution in [3.63, 3.8) is 0 Å². The van der Waals surface area contributed by atoms with Gasteiger partial charge in [-0.15, -0.1) is 0 Å². The fourth-order valence-corrected chi connectivity index (χ4v) is 4.00. The van der Waals surface area contributed by atoms with Crippen molar-refractivity contribution in [3.05, 3.63) is 0 Å². The van der Waals surface area contributed by atoms with E-state index in [0.29, 0.717) is 19.7 Å². The molecule has 1 aliphatic carbocycles. The molecule has 4 fully saturated rings. The molecule has 1 saturated carbocycles. The second-order valence-electron chi connectivity index (χ2n) is 7.28. The Labute approximate surface area is 136 Å². The van der Waals surface area contributed by atoms with Crippen molar-refractivity contribution in [2.24, 2.45) is 5.92 Å². The van der Waals surface area contributed by atoms with Crippen molar-refractivity contribution in [1.82, 2.24) is 15.1 Å². The van der Waals surface area contributed by atoms with Gasteiger partial charge in [-0.2, -0.15) is 0 Å². The summed E-state index contributed by atoms with van der Waals surface area (Å²) in [5.74, 6) is 0.881. The van der Waals surface area contributed by atoms with Gasteiger partial charge in [0.1, 0.15) is 6.10 Å². The minimum atomic E-state index is -0.496. The largest absolute Gasteiger partial charge is 0.390 e. The van der Waals surface area contributed by atoms with Crippen molar-refractivity contribution in [2.45, 2.75) is 50.3 Å². The van der Waals surface area contributed by atoms with Crippen molar-refractivity contribution in [2.75, 3.05) is 39.3 Å². The zero-order valence-corrected chi connectivity index (χ0v) is 13.7. The minimum Gasteiger partial charge on any atom is -0.390 e. The molecule has 2 bridgehead atoms. The summed E-state index contributed by atoms with van der Waals surface area (Å²) < 4.78 is 11.8. The summed E-state index contributed by atoms with van der Waals surface area (Å²) >= 11 is 0. The number of carbonyl (C=O) groups is 1. The number of piperazine rings is 1. The highest BCUT2D eigenvalue weighted by atomic mass is 16.7. The predicted molar refractivity (Wildman–Crippen MR) is 82.7 cm³/mol. The predicted octanol–water partition coefficient (Wildman–Crippen LogP) is -0.997. The Bertz CT molecular complexity index is 451. The fourth-order valence-electron chi connectivity index (χ4n) is 4.00. The number of hydrogen-bond acceptors (Lipinski definition) is 6. The van der Waals surface area contributed by atoms with Gasteiger partial charge in [-0.05, 0) is 25.3 Å². The molecule has 5 unspecified atom stereocenters. The van der Waals surface area contributed by atoms with Gasteiger partial charge in [0.25, 0.3) is 0 Å². The first-order valence-electron chi connectivity index (χ1n) is 8.81. The van der Waals surface area contributed by atoms with Crippen LogP contribution in [-0.4, -0.2) is 90.7 Å². The molecule has 2 N–H and O–H groups in total. The zero-order valence-electron chi connectivity index (χ0n) is 13.7. The Morgan fingerprint density at radius 2 is 2.00 bits per heavy atom. The maximum absolute atomic E-state index is 11.5. The zero-order chi connectivity index (χ0) is 16.0. The maximum atomic E-state index is 11.5. The number of nitrogens with zero attached hydrogens (tertiary/aromatic N) is 2. The number of hydrogen-bond donors (Lipinski definition) is 2. The van der Waals surface area contributed by atoms with E-state index < -0.39 is 6.10 Å². The monoisotopic (exact) mass is 325 g/mol. The van der Waals surface area contributed by atoms with Gasteiger partial charge in [-0.25, -0.2) is 0 Å². The quantitative estimate of drug-likeness (QED) is 0.691. The third-order valence-electron chi connectivity index (χ3n) is 5.65. The molecule has 0 radical (unpaired) electrons. The molecule has 5 atom stereocenters. The molecular weight excluding hydrogens is 298 g/mol. The van der Waals surface area contributed by atoms with Gasteiger partial charge in [0, 0.05) is 33.1 Å². The van der Waals surface area contributed by atoms with E-state index in [1.54, 1.807) is 6.92 Å². The summed E-state index contributed by atoms with van der Waals surface area (Å²) in [7, 11) is 0. The van der Waals surface area contributed by atoms with E-state index in [-0.39, 0.29) is 30.4 Å². The Morgan fingerprint density at radius 3 is 2.65 bits per heavy atom. The molecular formula is C16H27N3O4. The van der Waals surface area contributed by atoms with E-state index in [2.05, 4.69) is 10.2 Å². The van der Waals surface area contributed by atoms with E-state index in [1.807, 2.05) is 4.90 Å². The number of aliphatic hydroxyl groups is 1. The molecule has 1 amide bonds. The highest BCUT2D eigenvalue weighted by Gasteiger charge is 2.52. The topological polar surface area (TPSA) is 74.3 Å². The average molecular weight is 325 g/mol. The second kappa shape index (κ2) is 6.29. The van der Waals surface area contributed by atoms with Crippen LogP contribution in [0, 0.1) is 5.92 Å². The molecule has 3 heterocycles. The summed E-state index contributed by atoms with van der Waals surface area (Å²) in [5, 5.41) is 14.4. The molecule has 23 heavy (non-hydrogen) atoms. The highest BCUT2D eigenvalue weighted by molar-refractivity contribution is 5.73. The van der Waals surface area contributed by atoms with Crippen LogP contribution < -0.4 is 5.32 Å². The lowest BCUT2D eigenvalue weighted by molar-refractivity contribution is -0.186. The van der Waals surface area contributed by atoms with E-state index in [0.717, 1.165) is 25.6 Å². The molecule has 7 heteroatoms. The summed E-state index contributed by atoms with van der Waals surface area (Å²) in [5.41, 5.74) is 0. The van der Waals surface area contributed by atoms with Crippen molar-refractivity contribution < 1.29 is 19.4 Å². The molecule has 3 saturated heterocycles. The maximum Gasteiger partial charge on any atom is 0.219 e. The van der Waals surface area contributed by atoms with Crippen LogP contribution in [0.5, 0.6) is 0 Å². The van der Waals surface area contributed by atoms with Gasteiger partial charge < -0.3 is 24.8 Å². The van der Waals surface area contributed by atoms with Crippen molar-refractivity contribution >= 4 is 5.91 Å². The van der Waals surface area contributed by atoms with Crippen LogP contribution in [0.15, 0.2) is 0 Å². The lowest BCUT2D eigenvalue weighted by Gasteiger charge is -2.46. The SMILES string of the molecule is CC(=O)N1CCN(C2C3OCC(O3)C(NCC3CC3)C2O)CC1. The van der Waals surface area contributed by atoms with Crippen LogP contribution in [0.1, 0.15) is 19.8 Å². The highest BCUT2D eigenvalue weighted by Crippen LogP contribution is 2.33. The Morgan fingerprint density at radius 1 is 1.26 bits per heavy atom. The van der Waals surface area contributed by atoms with Gasteiger partial charge in [0.15, 0.2) is 6.29 Å². The number of rotatable bonds is 4. The van der Waals surface area contributed by atoms with Crippen LogP contribution in [0.3, 0.4) is 0 Å². The van der Waals surface area contributed by atoms with Gasteiger partial charge in [0.05, 0.1) is 24.8 Å². The molecule has 4 aliphatic rings. The molecule has 4 rings (SSSR count). The molecule has 0 aromatic heterocycles. The number of carbonyl (C=O) groups excluding carboxylic acids is 1. The minimum absolute atomic E-state index is 0.0523. The van der Waals surface area contributed by atoms with Crippen molar-refractivity contribution in [1.29, 1.82) is 0 Å². The number of aliphatic hydroxyl groups excluding tert-OH is 1. The van der Waals surface area contributed by atoms with Crippen LogP contribution in [0.25, 0.3) is 0 Å². The summed E-state index contributed by atoms with van der Waals surface area (Å²) in [4.78, 5) is 15.6. The first-order chi connectivity index (χ1) is 11.1. The molecule has 130 valence electrons. The van der Waals surface area contributed by atoms with Crippen molar-refractivity contribution in [3.8, 4) is 0 Å². The van der Waals surface area contributed by atoms with Crippen LogP contribution in [-0.2, 0) is 14.3 Å². The summed E-state index contributed by atoms with van der Waals surface area (Å²) in [6.45, 7) is 6.03. The van der Waals surface area contributed by atoms with Crippen LogP contribution in [0.2, 0.25) is 0 Å². The lowest BCUT2D eigenvalue weighted by atomic mass is 9.94. The van der Waals surface area contributed by atoms with Gasteiger partial charge in [0.2, 0.25) is 5.91 Å². The second-order valence-corrected chi connectivity index (χ2v) is 7.28. The Hall–Kier alpha value is -0.730. The molecule has 0 aromatic rings. The molecule has 0 spiro atoms. The average Bonchev–Trinajstić information content (AvgIpc) is 3.27. The summed E-state index contributed by atoms with van der Waals surface area (Å²) in [6.07, 6.45) is 1.68. The Balaban J connectivity index is 1.41. The van der Waals surface area contributed by atoms with E-state index in [4.69, 9.17) is 9.47 Å². The Kier molecular flexibility index (Phi) is 4.32. The van der Waals surface area contributed by atoms with Gasteiger partial charge in [-0.3, -0.25) is 9.69 Å². The van der Waals surface area contributed by atoms with Gasteiger partial charge >= 0.3 is 0 Å². The number of amides is 1. The third-order valence-corrected chi connectivity index (χ3v) is 5.65. The van der Waals surface area contributed by atoms with E-state index in [9.17, 15) is 9.90 Å². The number of nitrogens with one attached hydrogen (secondary N) is 1. The standard InChI is InChI=1S/C16H27N3O4/c1-10(20)18-4-6-19(7-5-18)14-15(21)13(17-8-11-2-3-11)12-9-22-16(14)23-12/h11-17,21H,2-9H2,1H3. The lowest BCUT2D eigenvalue weighted by Crippen LogP contribution is -2.66. The normalized spacial score (nSPS) is 41.3. The molecule has 7 nitrogen and oxygen atoms in total. The summed E-state index contributed by atoms with van der Waals surface area (Å²) in [6, 6.07) is -0.218. The number of fused-ring (bicyclic) bond motifs is 2. The first kappa shape index (κ1) is 15.8. The molecule has 3 aliphatic heterocycles. The van der Waals surface area contributed by atoms with Crippen LogP contribution >= 0.6 is 0 Å². The molecule has 0 aromatic carbocycles. The third kappa shape index (κ3) is 3.13. The van der Waals surface area contributed by atoms with E-state index >= 15 is 0 Å². The van der Waals surface area contributed by atoms with Gasteiger partial charge in [-0.1, -0.05) is 0 Å². The van der Waals surface area contributed by atoms with Crippen LogP contribution in [0.4, 0.5) is 0 Å².